The Bertz CT molecular complexity index is 863. The van der Waals surface area contributed by atoms with Crippen LogP contribution in [-0.2, 0) is 20.9 Å². The van der Waals surface area contributed by atoms with Crippen LogP contribution in [0.15, 0.2) is 41.4 Å². The molecule has 7 nitrogen and oxygen atoms in total. The number of aromatic nitrogens is 1. The van der Waals surface area contributed by atoms with Gasteiger partial charge >= 0.3 is 12.1 Å². The number of aliphatic carboxylic acids is 1. The highest BCUT2D eigenvalue weighted by molar-refractivity contribution is 7.08. The predicted octanol–water partition coefficient (Wildman–Crippen LogP) is 3.37. The van der Waals surface area contributed by atoms with Gasteiger partial charge in [0, 0.05) is 24.4 Å². The van der Waals surface area contributed by atoms with Crippen LogP contribution in [0, 0.1) is 0 Å². The number of carboxylic acid groups (broad SMARTS) is 1. The Morgan fingerprint density at radius 2 is 2.13 bits per heavy atom. The van der Waals surface area contributed by atoms with Crippen molar-refractivity contribution in [1.82, 2.24) is 9.88 Å². The van der Waals surface area contributed by atoms with Crippen molar-refractivity contribution in [3.05, 3.63) is 52.5 Å². The Labute approximate surface area is 180 Å². The van der Waals surface area contributed by atoms with Crippen LogP contribution in [0.25, 0.3) is 0 Å². The average Bonchev–Trinajstić information content (AvgIpc) is 3.41. The number of hydrogen-bond donors (Lipinski definition) is 1. The van der Waals surface area contributed by atoms with Crippen LogP contribution in [0.4, 0.5) is 13.2 Å². The van der Waals surface area contributed by atoms with Gasteiger partial charge in [-0.2, -0.15) is 24.5 Å². The summed E-state index contributed by atoms with van der Waals surface area (Å²) in [7, 11) is 0. The molecule has 4 heterocycles. The fourth-order valence-corrected chi connectivity index (χ4v) is 4.16. The second-order valence-electron chi connectivity index (χ2n) is 7.03. The molecule has 11 heteroatoms. The van der Waals surface area contributed by atoms with Crippen LogP contribution in [0.3, 0.4) is 0 Å². The van der Waals surface area contributed by atoms with Gasteiger partial charge in [-0.15, -0.1) is 0 Å². The zero-order valence-corrected chi connectivity index (χ0v) is 17.1. The van der Waals surface area contributed by atoms with Gasteiger partial charge in [-0.3, -0.25) is 9.78 Å². The first-order valence-corrected chi connectivity index (χ1v) is 10.5. The van der Waals surface area contributed by atoms with E-state index in [-0.39, 0.29) is 24.2 Å². The zero-order chi connectivity index (χ0) is 22.4. The van der Waals surface area contributed by atoms with Crippen molar-refractivity contribution in [2.75, 3.05) is 13.2 Å². The van der Waals surface area contributed by atoms with E-state index in [0.29, 0.717) is 13.2 Å². The highest BCUT2D eigenvalue weighted by Crippen LogP contribution is 2.32. The van der Waals surface area contributed by atoms with Crippen molar-refractivity contribution in [3.63, 3.8) is 0 Å². The molecule has 2 aliphatic heterocycles. The number of alkyl halides is 3. The number of halogens is 3. The van der Waals surface area contributed by atoms with Crippen LogP contribution in [-0.4, -0.2) is 64.4 Å². The van der Waals surface area contributed by atoms with E-state index in [9.17, 15) is 18.0 Å². The topological polar surface area (TPSA) is 89.0 Å². The summed E-state index contributed by atoms with van der Waals surface area (Å²) in [4.78, 5) is 27.7. The van der Waals surface area contributed by atoms with Crippen LogP contribution >= 0.6 is 11.3 Å². The number of nitrogens with zero attached hydrogens (tertiary/aromatic N) is 2. The Balaban J connectivity index is 0.000000339. The number of pyridine rings is 1. The second kappa shape index (κ2) is 10.2. The SMILES string of the molecule is O=C(O)C(F)(F)F.O=C(c1ccsc1)N1C[C@H](OCc2cccnc2)[C@H]2OCCC[C@H]21. The Morgan fingerprint density at radius 1 is 1.35 bits per heavy atom. The van der Waals surface area contributed by atoms with E-state index in [1.807, 2.05) is 40.1 Å². The fraction of sp³-hybridized carbons (Fsp3) is 0.450. The molecule has 2 aromatic rings. The molecule has 1 N–H and O–H groups in total. The summed E-state index contributed by atoms with van der Waals surface area (Å²) in [6.45, 7) is 1.82. The third kappa shape index (κ3) is 6.02. The van der Waals surface area contributed by atoms with Gasteiger partial charge in [0.15, 0.2) is 0 Å². The Morgan fingerprint density at radius 3 is 2.74 bits per heavy atom. The van der Waals surface area contributed by atoms with Crippen LogP contribution < -0.4 is 0 Å². The number of amides is 1. The average molecular weight is 458 g/mol. The quantitative estimate of drug-likeness (QED) is 0.756. The monoisotopic (exact) mass is 458 g/mol. The van der Waals surface area contributed by atoms with Crippen molar-refractivity contribution in [2.24, 2.45) is 0 Å². The molecule has 0 aliphatic carbocycles. The molecule has 0 bridgehead atoms. The minimum absolute atomic E-state index is 0.0296. The van der Waals surface area contributed by atoms with Crippen molar-refractivity contribution >= 4 is 23.2 Å². The minimum atomic E-state index is -5.08. The van der Waals surface area contributed by atoms with Crippen molar-refractivity contribution < 1.29 is 37.3 Å². The first-order valence-electron chi connectivity index (χ1n) is 9.52. The summed E-state index contributed by atoms with van der Waals surface area (Å²) in [5, 5.41) is 11.0. The predicted molar refractivity (Wildman–Crippen MR) is 105 cm³/mol. The largest absolute Gasteiger partial charge is 0.490 e. The number of carbonyl (C=O) groups is 2. The number of hydrogen-bond acceptors (Lipinski definition) is 6. The standard InChI is InChI=1S/C18H20N2O3S.C2HF3O2/c21-18(14-5-8-24-12-14)20-10-16(17-15(20)4-2-7-22-17)23-11-13-3-1-6-19-9-13;3-2(4,5)1(6)7/h1,3,5-6,8-9,12,15-17H,2,4,7,10-11H2;(H,6,7)/t15-,16+,17+;/m1./s1. The summed E-state index contributed by atoms with van der Waals surface area (Å²) in [5.41, 5.74) is 1.80. The number of likely N-dealkylation sites (tertiary alicyclic amines) is 1. The van der Waals surface area contributed by atoms with E-state index in [1.54, 1.807) is 17.5 Å². The third-order valence-corrected chi connectivity index (χ3v) is 5.62. The van der Waals surface area contributed by atoms with Gasteiger partial charge in [0.2, 0.25) is 0 Å². The van der Waals surface area contributed by atoms with Gasteiger partial charge in [0.25, 0.3) is 5.91 Å². The second-order valence-corrected chi connectivity index (χ2v) is 7.81. The maximum atomic E-state index is 12.8. The van der Waals surface area contributed by atoms with Gasteiger partial charge in [0.05, 0.1) is 24.8 Å². The van der Waals surface area contributed by atoms with E-state index in [2.05, 4.69) is 4.98 Å². The van der Waals surface area contributed by atoms with Gasteiger partial charge in [-0.05, 0) is 35.9 Å². The number of carboxylic acids is 1. The van der Waals surface area contributed by atoms with Gasteiger partial charge in [-0.1, -0.05) is 6.07 Å². The molecule has 0 unspecified atom stereocenters. The van der Waals surface area contributed by atoms with Crippen molar-refractivity contribution in [3.8, 4) is 0 Å². The zero-order valence-electron chi connectivity index (χ0n) is 16.3. The summed E-state index contributed by atoms with van der Waals surface area (Å²) in [6, 6.07) is 5.90. The molecule has 0 aromatic carbocycles. The van der Waals surface area contributed by atoms with Crippen molar-refractivity contribution in [2.45, 2.75) is 43.9 Å². The molecule has 0 spiro atoms. The molecule has 1 amide bonds. The lowest BCUT2D eigenvalue weighted by molar-refractivity contribution is -0.192. The normalized spacial score (nSPS) is 22.9. The van der Waals surface area contributed by atoms with E-state index in [1.165, 1.54) is 0 Å². The van der Waals surface area contributed by atoms with Crippen LogP contribution in [0.2, 0.25) is 0 Å². The molecule has 2 fully saturated rings. The number of fused-ring (bicyclic) bond motifs is 1. The van der Waals surface area contributed by atoms with Gasteiger partial charge < -0.3 is 19.5 Å². The van der Waals surface area contributed by atoms with E-state index >= 15 is 0 Å². The maximum Gasteiger partial charge on any atom is 0.490 e. The number of ether oxygens (including phenoxy) is 2. The number of carbonyl (C=O) groups excluding carboxylic acids is 1. The molecule has 168 valence electrons. The van der Waals surface area contributed by atoms with Crippen LogP contribution in [0.5, 0.6) is 0 Å². The molecule has 2 aromatic heterocycles. The highest BCUT2D eigenvalue weighted by atomic mass is 32.1. The summed E-state index contributed by atoms with van der Waals surface area (Å²) in [5.74, 6) is -2.67. The van der Waals surface area contributed by atoms with E-state index in [0.717, 1.165) is 30.6 Å². The van der Waals surface area contributed by atoms with Gasteiger partial charge in [0.1, 0.15) is 12.2 Å². The molecule has 2 aliphatic rings. The molecule has 0 saturated carbocycles. The summed E-state index contributed by atoms with van der Waals surface area (Å²) in [6.07, 6.45) is 0.330. The molecule has 2 saturated heterocycles. The molecule has 4 rings (SSSR count). The third-order valence-electron chi connectivity index (χ3n) is 4.94. The molecule has 0 radical (unpaired) electrons. The number of thiophene rings is 1. The minimum Gasteiger partial charge on any atom is -0.475 e. The molecule has 31 heavy (non-hydrogen) atoms. The number of rotatable bonds is 4. The Kier molecular flexibility index (Phi) is 7.63. The van der Waals surface area contributed by atoms with Gasteiger partial charge in [-0.25, -0.2) is 4.79 Å². The lowest BCUT2D eigenvalue weighted by atomic mass is 10.0. The highest BCUT2D eigenvalue weighted by Gasteiger charge is 2.46. The maximum absolute atomic E-state index is 12.8. The first kappa shape index (κ1) is 23.2. The van der Waals surface area contributed by atoms with Crippen LogP contribution in [0.1, 0.15) is 28.8 Å². The molecule has 3 atom stereocenters. The summed E-state index contributed by atoms with van der Waals surface area (Å²) >= 11 is 1.55. The van der Waals surface area contributed by atoms with E-state index in [4.69, 9.17) is 19.4 Å². The fourth-order valence-electron chi connectivity index (χ4n) is 3.53. The van der Waals surface area contributed by atoms with E-state index < -0.39 is 12.1 Å². The smallest absolute Gasteiger partial charge is 0.475 e. The molecular weight excluding hydrogens is 437 g/mol. The Hall–Kier alpha value is -2.50. The lowest BCUT2D eigenvalue weighted by Gasteiger charge is -2.32. The van der Waals surface area contributed by atoms with Crippen molar-refractivity contribution in [1.29, 1.82) is 0 Å². The first-order chi connectivity index (χ1) is 14.8. The lowest BCUT2D eigenvalue weighted by Crippen LogP contribution is -2.43. The summed E-state index contributed by atoms with van der Waals surface area (Å²) < 4.78 is 43.8. The molecular formula is C20H21F3N2O5S.